The zero-order valence-electron chi connectivity index (χ0n) is 11.5. The molecule has 104 valence electrons. The molecule has 0 spiro atoms. The van der Waals surface area contributed by atoms with Crippen molar-refractivity contribution in [2.24, 2.45) is 5.92 Å². The van der Waals surface area contributed by atoms with Gasteiger partial charge >= 0.3 is 0 Å². The first-order valence-corrected chi connectivity index (χ1v) is 7.60. The van der Waals surface area contributed by atoms with Crippen LogP contribution in [0.15, 0.2) is 17.2 Å². The Morgan fingerprint density at radius 2 is 2.11 bits per heavy atom. The first-order valence-electron chi connectivity index (χ1n) is 6.16. The summed E-state index contributed by atoms with van der Waals surface area (Å²) < 4.78 is 25.9. The quantitative estimate of drug-likeness (QED) is 0.789. The second kappa shape index (κ2) is 6.36. The first-order chi connectivity index (χ1) is 8.37. The summed E-state index contributed by atoms with van der Waals surface area (Å²) in [6.07, 6.45) is 2.41. The molecule has 0 aliphatic carbocycles. The molecule has 18 heavy (non-hydrogen) atoms. The highest BCUT2D eigenvalue weighted by Crippen LogP contribution is 2.16. The SMILES string of the molecule is CNCc1cc(S(=O)(=O)N(C)CCC(C)C)c[nH]1. The average Bonchev–Trinajstić information content (AvgIpc) is 2.75. The van der Waals surface area contributed by atoms with Crippen LogP contribution in [0.1, 0.15) is 26.0 Å². The van der Waals surface area contributed by atoms with Crippen molar-refractivity contribution in [3.05, 3.63) is 18.0 Å². The lowest BCUT2D eigenvalue weighted by molar-refractivity contribution is 0.428. The summed E-state index contributed by atoms with van der Waals surface area (Å²) in [5.74, 6) is 0.494. The lowest BCUT2D eigenvalue weighted by atomic mass is 10.1. The number of nitrogens with zero attached hydrogens (tertiary/aromatic N) is 1. The Morgan fingerprint density at radius 3 is 2.67 bits per heavy atom. The summed E-state index contributed by atoms with van der Waals surface area (Å²) in [5, 5.41) is 2.98. The van der Waals surface area contributed by atoms with Crippen molar-refractivity contribution in [1.29, 1.82) is 0 Å². The van der Waals surface area contributed by atoms with E-state index in [9.17, 15) is 8.42 Å². The van der Waals surface area contributed by atoms with E-state index in [2.05, 4.69) is 24.1 Å². The number of H-pyrrole nitrogens is 1. The van der Waals surface area contributed by atoms with Gasteiger partial charge in [-0.05, 0) is 25.5 Å². The van der Waals surface area contributed by atoms with Crippen LogP contribution in [0, 0.1) is 5.92 Å². The van der Waals surface area contributed by atoms with Crippen molar-refractivity contribution in [3.63, 3.8) is 0 Å². The molecule has 6 heteroatoms. The minimum absolute atomic E-state index is 0.332. The van der Waals surface area contributed by atoms with E-state index < -0.39 is 10.0 Å². The van der Waals surface area contributed by atoms with Gasteiger partial charge in [-0.25, -0.2) is 12.7 Å². The molecule has 0 amide bonds. The van der Waals surface area contributed by atoms with E-state index in [1.165, 1.54) is 4.31 Å². The largest absolute Gasteiger partial charge is 0.363 e. The van der Waals surface area contributed by atoms with E-state index in [1.807, 2.05) is 7.05 Å². The Hall–Kier alpha value is -0.850. The van der Waals surface area contributed by atoms with Crippen LogP contribution < -0.4 is 5.32 Å². The Balaban J connectivity index is 2.77. The standard InChI is InChI=1S/C12H23N3O2S/c1-10(2)5-6-15(4)18(16,17)12-7-11(8-13-3)14-9-12/h7,9-10,13-14H,5-6,8H2,1-4H3. The van der Waals surface area contributed by atoms with Crippen LogP contribution in [-0.4, -0.2) is 38.3 Å². The van der Waals surface area contributed by atoms with Crippen molar-refractivity contribution in [2.75, 3.05) is 20.6 Å². The molecule has 0 aliphatic rings. The third-order valence-electron chi connectivity index (χ3n) is 2.81. The number of nitrogens with one attached hydrogen (secondary N) is 2. The molecule has 1 heterocycles. The molecule has 0 aliphatic heterocycles. The zero-order chi connectivity index (χ0) is 13.8. The molecule has 0 fully saturated rings. The highest BCUT2D eigenvalue weighted by atomic mass is 32.2. The minimum atomic E-state index is -3.36. The molecule has 0 aromatic carbocycles. The van der Waals surface area contributed by atoms with Crippen LogP contribution >= 0.6 is 0 Å². The number of aromatic amines is 1. The molecule has 0 radical (unpaired) electrons. The number of hydrogen-bond donors (Lipinski definition) is 2. The van der Waals surface area contributed by atoms with Crippen molar-refractivity contribution >= 4 is 10.0 Å². The molecule has 1 aromatic rings. The van der Waals surface area contributed by atoms with Crippen molar-refractivity contribution < 1.29 is 8.42 Å². The van der Waals surface area contributed by atoms with Gasteiger partial charge in [-0.15, -0.1) is 0 Å². The van der Waals surface area contributed by atoms with Gasteiger partial charge in [0.2, 0.25) is 10.0 Å². The number of aromatic nitrogens is 1. The summed E-state index contributed by atoms with van der Waals surface area (Å²) >= 11 is 0. The zero-order valence-corrected chi connectivity index (χ0v) is 12.3. The van der Waals surface area contributed by atoms with Crippen LogP contribution in [0.5, 0.6) is 0 Å². The molecule has 1 aromatic heterocycles. The first kappa shape index (κ1) is 15.2. The van der Waals surface area contributed by atoms with Gasteiger partial charge in [0.15, 0.2) is 0 Å². The van der Waals surface area contributed by atoms with Gasteiger partial charge in [-0.1, -0.05) is 13.8 Å². The summed E-state index contributed by atoms with van der Waals surface area (Å²) in [6.45, 7) is 5.35. The van der Waals surface area contributed by atoms with Crippen LogP contribution in [0.4, 0.5) is 0 Å². The molecule has 2 N–H and O–H groups in total. The van der Waals surface area contributed by atoms with E-state index in [1.54, 1.807) is 19.3 Å². The second-order valence-corrected chi connectivity index (χ2v) is 6.94. The Kier molecular flexibility index (Phi) is 5.37. The molecule has 0 bridgehead atoms. The molecule has 5 nitrogen and oxygen atoms in total. The molecule has 0 unspecified atom stereocenters. The number of sulfonamides is 1. The van der Waals surface area contributed by atoms with Gasteiger partial charge < -0.3 is 10.3 Å². The maximum absolute atomic E-state index is 12.2. The predicted octanol–water partition coefficient (Wildman–Crippen LogP) is 1.40. The van der Waals surface area contributed by atoms with E-state index >= 15 is 0 Å². The monoisotopic (exact) mass is 273 g/mol. The van der Waals surface area contributed by atoms with Gasteiger partial charge in [-0.3, -0.25) is 0 Å². The lowest BCUT2D eigenvalue weighted by Gasteiger charge is -2.17. The summed E-state index contributed by atoms with van der Waals surface area (Å²) in [7, 11) is 0.0928. The van der Waals surface area contributed by atoms with E-state index in [0.717, 1.165) is 12.1 Å². The highest BCUT2D eigenvalue weighted by Gasteiger charge is 2.21. The highest BCUT2D eigenvalue weighted by molar-refractivity contribution is 7.89. The van der Waals surface area contributed by atoms with E-state index in [-0.39, 0.29) is 0 Å². The summed E-state index contributed by atoms with van der Waals surface area (Å²) in [4.78, 5) is 3.30. The third kappa shape index (κ3) is 3.83. The van der Waals surface area contributed by atoms with Crippen LogP contribution in [-0.2, 0) is 16.6 Å². The maximum Gasteiger partial charge on any atom is 0.244 e. The average molecular weight is 273 g/mol. The second-order valence-electron chi connectivity index (χ2n) is 4.90. The third-order valence-corrected chi connectivity index (χ3v) is 4.65. The molecule has 0 saturated heterocycles. The van der Waals surface area contributed by atoms with Crippen molar-refractivity contribution in [2.45, 2.75) is 31.7 Å². The molecule has 0 saturated carbocycles. The Morgan fingerprint density at radius 1 is 1.44 bits per heavy atom. The fourth-order valence-electron chi connectivity index (χ4n) is 1.60. The number of hydrogen-bond acceptors (Lipinski definition) is 3. The minimum Gasteiger partial charge on any atom is -0.363 e. The fraction of sp³-hybridized carbons (Fsp3) is 0.667. The van der Waals surface area contributed by atoms with Crippen LogP contribution in [0.25, 0.3) is 0 Å². The number of rotatable bonds is 7. The summed E-state index contributed by atoms with van der Waals surface area (Å²) in [6, 6.07) is 1.68. The Labute approximate surface area is 110 Å². The molecular formula is C12H23N3O2S. The maximum atomic E-state index is 12.2. The molecular weight excluding hydrogens is 250 g/mol. The van der Waals surface area contributed by atoms with Crippen LogP contribution in [0.3, 0.4) is 0 Å². The predicted molar refractivity (Wildman–Crippen MR) is 72.8 cm³/mol. The van der Waals surface area contributed by atoms with E-state index in [4.69, 9.17) is 0 Å². The smallest absolute Gasteiger partial charge is 0.244 e. The topological polar surface area (TPSA) is 65.2 Å². The van der Waals surface area contributed by atoms with E-state index in [0.29, 0.717) is 23.9 Å². The summed E-state index contributed by atoms with van der Waals surface area (Å²) in [5.41, 5.74) is 0.869. The fourth-order valence-corrected chi connectivity index (χ4v) is 2.81. The van der Waals surface area contributed by atoms with Gasteiger partial charge in [0.1, 0.15) is 0 Å². The van der Waals surface area contributed by atoms with Gasteiger partial charge in [0.25, 0.3) is 0 Å². The van der Waals surface area contributed by atoms with Gasteiger partial charge in [0, 0.05) is 32.0 Å². The normalized spacial score (nSPS) is 12.6. The molecule has 0 atom stereocenters. The van der Waals surface area contributed by atoms with Gasteiger partial charge in [0.05, 0.1) is 4.90 Å². The van der Waals surface area contributed by atoms with Gasteiger partial charge in [-0.2, -0.15) is 0 Å². The lowest BCUT2D eigenvalue weighted by Crippen LogP contribution is -2.28. The Bertz CT molecular complexity index is 465. The molecule has 1 rings (SSSR count). The van der Waals surface area contributed by atoms with Crippen molar-refractivity contribution in [1.82, 2.24) is 14.6 Å². The van der Waals surface area contributed by atoms with Crippen molar-refractivity contribution in [3.8, 4) is 0 Å². The van der Waals surface area contributed by atoms with Crippen LogP contribution in [0.2, 0.25) is 0 Å².